The van der Waals surface area contributed by atoms with Gasteiger partial charge in [-0.3, -0.25) is 9.88 Å². The molecule has 1 fully saturated rings. The van der Waals surface area contributed by atoms with Gasteiger partial charge in [0.05, 0.1) is 10.7 Å². The Morgan fingerprint density at radius 3 is 2.50 bits per heavy atom. The van der Waals surface area contributed by atoms with Gasteiger partial charge in [0.15, 0.2) is 0 Å². The molecule has 2 heterocycles. The highest BCUT2D eigenvalue weighted by Crippen LogP contribution is 2.25. The summed E-state index contributed by atoms with van der Waals surface area (Å²) >= 11 is 6.14. The average molecular weight is 240 g/mol. The summed E-state index contributed by atoms with van der Waals surface area (Å²) in [6.45, 7) is 8.79. The molecule has 1 aliphatic rings. The van der Waals surface area contributed by atoms with Crippen LogP contribution in [0.25, 0.3) is 0 Å². The summed E-state index contributed by atoms with van der Waals surface area (Å²) in [5.41, 5.74) is 1.11. The van der Waals surface area contributed by atoms with Crippen molar-refractivity contribution in [3.8, 4) is 0 Å². The summed E-state index contributed by atoms with van der Waals surface area (Å²) in [6.07, 6.45) is 3.52. The van der Waals surface area contributed by atoms with Gasteiger partial charge in [-0.25, -0.2) is 0 Å². The van der Waals surface area contributed by atoms with E-state index in [1.807, 2.05) is 6.07 Å². The van der Waals surface area contributed by atoms with Crippen LogP contribution in [0.15, 0.2) is 18.5 Å². The van der Waals surface area contributed by atoms with E-state index in [1.54, 1.807) is 12.4 Å². The number of rotatable bonds is 2. The Morgan fingerprint density at radius 1 is 1.25 bits per heavy atom. The first-order valence-corrected chi connectivity index (χ1v) is 6.15. The molecule has 0 aliphatic carbocycles. The summed E-state index contributed by atoms with van der Waals surface area (Å²) in [5.74, 6) is 0. The lowest BCUT2D eigenvalue weighted by Gasteiger charge is -2.38. The lowest BCUT2D eigenvalue weighted by molar-refractivity contribution is 0.209. The van der Waals surface area contributed by atoms with Crippen LogP contribution < -0.4 is 4.90 Å². The largest absolute Gasteiger partial charge is 0.368 e. The van der Waals surface area contributed by atoms with Crippen LogP contribution in [0.3, 0.4) is 0 Å². The minimum absolute atomic E-state index is 0.634. The lowest BCUT2D eigenvalue weighted by atomic mass is 10.2. The third-order valence-electron chi connectivity index (χ3n) is 3.14. The van der Waals surface area contributed by atoms with Gasteiger partial charge in [-0.2, -0.15) is 0 Å². The van der Waals surface area contributed by atoms with Crippen LogP contribution >= 0.6 is 11.6 Å². The van der Waals surface area contributed by atoms with E-state index in [-0.39, 0.29) is 0 Å². The van der Waals surface area contributed by atoms with Crippen molar-refractivity contribution in [2.45, 2.75) is 19.9 Å². The smallest absolute Gasteiger partial charge is 0.0822 e. The molecule has 0 aromatic carbocycles. The van der Waals surface area contributed by atoms with Gasteiger partial charge in [-0.05, 0) is 19.9 Å². The van der Waals surface area contributed by atoms with E-state index in [0.29, 0.717) is 6.04 Å². The van der Waals surface area contributed by atoms with Crippen LogP contribution in [0.2, 0.25) is 5.02 Å². The summed E-state index contributed by atoms with van der Waals surface area (Å²) in [6, 6.07) is 2.63. The van der Waals surface area contributed by atoms with Crippen LogP contribution in [0.1, 0.15) is 13.8 Å². The van der Waals surface area contributed by atoms with E-state index in [1.165, 1.54) is 0 Å². The molecule has 0 atom stereocenters. The van der Waals surface area contributed by atoms with Gasteiger partial charge < -0.3 is 4.90 Å². The molecule has 1 saturated heterocycles. The summed E-state index contributed by atoms with van der Waals surface area (Å²) in [4.78, 5) is 8.84. The standard InChI is InChI=1S/C12H18ClN3/c1-10(2)15-5-7-16(8-6-15)12-3-4-14-9-11(12)13/h3-4,9-10H,5-8H2,1-2H3. The molecule has 2 rings (SSSR count). The first-order chi connectivity index (χ1) is 7.68. The molecule has 0 unspecified atom stereocenters. The lowest BCUT2D eigenvalue weighted by Crippen LogP contribution is -2.49. The van der Waals surface area contributed by atoms with Crippen molar-refractivity contribution in [2.75, 3.05) is 31.1 Å². The minimum Gasteiger partial charge on any atom is -0.368 e. The molecule has 4 heteroatoms. The highest BCUT2D eigenvalue weighted by molar-refractivity contribution is 6.33. The van der Waals surface area contributed by atoms with Crippen molar-refractivity contribution in [1.82, 2.24) is 9.88 Å². The summed E-state index contributed by atoms with van der Waals surface area (Å²) in [7, 11) is 0. The van der Waals surface area contributed by atoms with Crippen LogP contribution in [0.5, 0.6) is 0 Å². The molecule has 1 aromatic rings. The second-order valence-electron chi connectivity index (χ2n) is 4.44. The van der Waals surface area contributed by atoms with Crippen molar-refractivity contribution >= 4 is 17.3 Å². The fourth-order valence-corrected chi connectivity index (χ4v) is 2.34. The van der Waals surface area contributed by atoms with Crippen molar-refractivity contribution in [3.63, 3.8) is 0 Å². The van der Waals surface area contributed by atoms with E-state index in [2.05, 4.69) is 28.6 Å². The Morgan fingerprint density at radius 2 is 1.94 bits per heavy atom. The third-order valence-corrected chi connectivity index (χ3v) is 3.43. The number of hydrogen-bond acceptors (Lipinski definition) is 3. The van der Waals surface area contributed by atoms with Crippen LogP contribution in [-0.4, -0.2) is 42.1 Å². The SMILES string of the molecule is CC(C)N1CCN(c2ccncc2Cl)CC1. The van der Waals surface area contributed by atoms with Crippen LogP contribution in [-0.2, 0) is 0 Å². The number of piperazine rings is 1. The van der Waals surface area contributed by atoms with E-state index >= 15 is 0 Å². The molecular formula is C12H18ClN3. The molecule has 0 radical (unpaired) electrons. The molecule has 0 spiro atoms. The number of nitrogens with zero attached hydrogens (tertiary/aromatic N) is 3. The predicted octanol–water partition coefficient (Wildman–Crippen LogP) is 2.27. The zero-order chi connectivity index (χ0) is 11.5. The van der Waals surface area contributed by atoms with Gasteiger partial charge in [0, 0.05) is 44.6 Å². The maximum absolute atomic E-state index is 6.14. The topological polar surface area (TPSA) is 19.4 Å². The van der Waals surface area contributed by atoms with E-state index in [4.69, 9.17) is 11.6 Å². The second-order valence-corrected chi connectivity index (χ2v) is 4.85. The zero-order valence-electron chi connectivity index (χ0n) is 9.86. The van der Waals surface area contributed by atoms with Crippen LogP contribution in [0.4, 0.5) is 5.69 Å². The number of pyridine rings is 1. The second kappa shape index (κ2) is 5.02. The Kier molecular flexibility index (Phi) is 3.66. The zero-order valence-corrected chi connectivity index (χ0v) is 10.6. The van der Waals surface area contributed by atoms with Gasteiger partial charge in [0.25, 0.3) is 0 Å². The van der Waals surface area contributed by atoms with Crippen molar-refractivity contribution < 1.29 is 0 Å². The fourth-order valence-electron chi connectivity index (χ4n) is 2.10. The van der Waals surface area contributed by atoms with Gasteiger partial charge >= 0.3 is 0 Å². The van der Waals surface area contributed by atoms with Gasteiger partial charge in [-0.1, -0.05) is 11.6 Å². The number of anilines is 1. The van der Waals surface area contributed by atoms with Crippen molar-refractivity contribution in [2.24, 2.45) is 0 Å². The molecule has 3 nitrogen and oxygen atoms in total. The van der Waals surface area contributed by atoms with Crippen molar-refractivity contribution in [3.05, 3.63) is 23.5 Å². The van der Waals surface area contributed by atoms with E-state index in [9.17, 15) is 0 Å². The van der Waals surface area contributed by atoms with Gasteiger partial charge in [-0.15, -0.1) is 0 Å². The Bertz CT molecular complexity index is 346. The predicted molar refractivity (Wildman–Crippen MR) is 68.2 cm³/mol. The quantitative estimate of drug-likeness (QED) is 0.789. The van der Waals surface area contributed by atoms with E-state index in [0.717, 1.165) is 36.9 Å². The average Bonchev–Trinajstić information content (AvgIpc) is 2.30. The van der Waals surface area contributed by atoms with Gasteiger partial charge in [0.1, 0.15) is 0 Å². The monoisotopic (exact) mass is 239 g/mol. The molecule has 1 aromatic heterocycles. The Hall–Kier alpha value is -0.800. The van der Waals surface area contributed by atoms with Crippen molar-refractivity contribution in [1.29, 1.82) is 0 Å². The molecule has 0 amide bonds. The normalized spacial score (nSPS) is 18.1. The third kappa shape index (κ3) is 2.47. The first-order valence-electron chi connectivity index (χ1n) is 5.77. The maximum Gasteiger partial charge on any atom is 0.0822 e. The summed E-state index contributed by atoms with van der Waals surface area (Å²) < 4.78 is 0. The molecule has 16 heavy (non-hydrogen) atoms. The summed E-state index contributed by atoms with van der Waals surface area (Å²) in [5, 5.41) is 0.750. The minimum atomic E-state index is 0.634. The molecule has 0 bridgehead atoms. The molecule has 0 saturated carbocycles. The number of aromatic nitrogens is 1. The number of hydrogen-bond donors (Lipinski definition) is 0. The van der Waals surface area contributed by atoms with Crippen LogP contribution in [0, 0.1) is 0 Å². The molecular weight excluding hydrogens is 222 g/mol. The first kappa shape index (κ1) is 11.7. The molecule has 1 aliphatic heterocycles. The fraction of sp³-hybridized carbons (Fsp3) is 0.583. The van der Waals surface area contributed by atoms with E-state index < -0.39 is 0 Å². The van der Waals surface area contributed by atoms with Gasteiger partial charge in [0.2, 0.25) is 0 Å². The highest BCUT2D eigenvalue weighted by atomic mass is 35.5. The number of halogens is 1. The Labute approximate surface area is 102 Å². The molecule has 88 valence electrons. The highest BCUT2D eigenvalue weighted by Gasteiger charge is 2.20. The molecule has 0 N–H and O–H groups in total. The maximum atomic E-state index is 6.14. The Balaban J connectivity index is 2.02.